The number of carbonyl (C=O) groups excluding carboxylic acids is 2. The second kappa shape index (κ2) is 9.43. The highest BCUT2D eigenvalue weighted by Crippen LogP contribution is 2.26. The lowest BCUT2D eigenvalue weighted by Gasteiger charge is -2.18. The van der Waals surface area contributed by atoms with E-state index in [-0.39, 0.29) is 23.9 Å². The van der Waals surface area contributed by atoms with Gasteiger partial charge in [0.2, 0.25) is 11.5 Å². The molecule has 1 amide bonds. The molecule has 0 spiro atoms. The van der Waals surface area contributed by atoms with E-state index in [0.717, 1.165) is 16.6 Å². The van der Waals surface area contributed by atoms with Gasteiger partial charge in [0.05, 0.1) is 29.8 Å². The molecule has 0 unspecified atom stereocenters. The number of nitrogens with one attached hydrogen (secondary N) is 2. The van der Waals surface area contributed by atoms with E-state index in [1.54, 1.807) is 22.8 Å². The van der Waals surface area contributed by atoms with Crippen LogP contribution in [0.3, 0.4) is 0 Å². The van der Waals surface area contributed by atoms with Crippen molar-refractivity contribution >= 4 is 44.3 Å². The van der Waals surface area contributed by atoms with Gasteiger partial charge in [-0.05, 0) is 51.8 Å². The molecule has 7 heteroatoms. The number of rotatable bonds is 6. The van der Waals surface area contributed by atoms with Gasteiger partial charge in [0.1, 0.15) is 0 Å². The quantitative estimate of drug-likeness (QED) is 0.325. The van der Waals surface area contributed by atoms with Gasteiger partial charge in [0.15, 0.2) is 5.78 Å². The average Bonchev–Trinajstić information content (AvgIpc) is 3.06. The molecule has 0 saturated heterocycles. The summed E-state index contributed by atoms with van der Waals surface area (Å²) in [5.74, 6) is -0.219. The summed E-state index contributed by atoms with van der Waals surface area (Å²) in [5.41, 5.74) is 3.70. The number of benzene rings is 3. The minimum absolute atomic E-state index is 0.0429. The molecule has 0 atom stereocenters. The number of nitrogens with zero attached hydrogens (tertiary/aromatic N) is 2. The SMILES string of the molecule is CC(C)(C)C(=O)Nc1ccc(C(=O)Cn2c(=N)n(Cc3ccccc3)c3ccccc32)cc1Br. The number of anilines is 1. The van der Waals surface area contributed by atoms with Crippen molar-refractivity contribution in [3.05, 3.63) is 94.0 Å². The predicted molar refractivity (Wildman–Crippen MR) is 138 cm³/mol. The van der Waals surface area contributed by atoms with Crippen molar-refractivity contribution in [3.8, 4) is 0 Å². The third-order valence-electron chi connectivity index (χ3n) is 5.68. The second-order valence-electron chi connectivity index (χ2n) is 9.29. The van der Waals surface area contributed by atoms with Crippen LogP contribution < -0.4 is 10.9 Å². The summed E-state index contributed by atoms with van der Waals surface area (Å²) in [6.07, 6.45) is 0. The largest absolute Gasteiger partial charge is 0.325 e. The van der Waals surface area contributed by atoms with Gasteiger partial charge in [-0.15, -0.1) is 0 Å². The third-order valence-corrected chi connectivity index (χ3v) is 6.34. The molecular weight excluding hydrogens is 492 g/mol. The summed E-state index contributed by atoms with van der Waals surface area (Å²) < 4.78 is 4.29. The highest BCUT2D eigenvalue weighted by atomic mass is 79.9. The maximum atomic E-state index is 13.2. The molecule has 0 fully saturated rings. The molecule has 174 valence electrons. The Morgan fingerprint density at radius 2 is 1.53 bits per heavy atom. The lowest BCUT2D eigenvalue weighted by molar-refractivity contribution is -0.123. The number of hydrogen-bond donors (Lipinski definition) is 2. The summed E-state index contributed by atoms with van der Waals surface area (Å²) in [7, 11) is 0. The van der Waals surface area contributed by atoms with E-state index in [0.29, 0.717) is 22.3 Å². The molecule has 0 saturated carbocycles. The van der Waals surface area contributed by atoms with E-state index in [4.69, 9.17) is 5.41 Å². The Labute approximate surface area is 206 Å². The zero-order valence-corrected chi connectivity index (χ0v) is 21.0. The van der Waals surface area contributed by atoms with E-state index in [2.05, 4.69) is 21.2 Å². The monoisotopic (exact) mass is 518 g/mol. The van der Waals surface area contributed by atoms with Crippen molar-refractivity contribution in [1.82, 2.24) is 9.13 Å². The van der Waals surface area contributed by atoms with E-state index >= 15 is 0 Å². The molecule has 3 aromatic carbocycles. The number of imidazole rings is 1. The van der Waals surface area contributed by atoms with E-state index < -0.39 is 5.41 Å². The fraction of sp³-hybridized carbons (Fsp3) is 0.222. The number of halogens is 1. The highest BCUT2D eigenvalue weighted by molar-refractivity contribution is 9.10. The minimum Gasteiger partial charge on any atom is -0.325 e. The lowest BCUT2D eigenvalue weighted by Crippen LogP contribution is -2.28. The summed E-state index contributed by atoms with van der Waals surface area (Å²) in [5, 5.41) is 11.7. The molecule has 1 heterocycles. The van der Waals surface area contributed by atoms with Crippen LogP contribution in [-0.2, 0) is 17.9 Å². The number of hydrogen-bond acceptors (Lipinski definition) is 3. The maximum Gasteiger partial charge on any atom is 0.229 e. The van der Waals surface area contributed by atoms with Crippen molar-refractivity contribution < 1.29 is 9.59 Å². The van der Waals surface area contributed by atoms with Crippen LogP contribution in [0.15, 0.2) is 77.3 Å². The molecule has 2 N–H and O–H groups in total. The van der Waals surface area contributed by atoms with Crippen molar-refractivity contribution in [2.24, 2.45) is 5.41 Å². The van der Waals surface area contributed by atoms with E-state index in [9.17, 15) is 9.59 Å². The number of para-hydroxylation sites is 2. The first-order valence-corrected chi connectivity index (χ1v) is 11.9. The molecule has 0 bridgehead atoms. The van der Waals surface area contributed by atoms with Crippen LogP contribution in [0.5, 0.6) is 0 Å². The summed E-state index contributed by atoms with van der Waals surface area (Å²) >= 11 is 3.48. The van der Waals surface area contributed by atoms with E-state index in [1.807, 2.05) is 79.9 Å². The number of amides is 1. The second-order valence-corrected chi connectivity index (χ2v) is 10.1. The number of Topliss-reactive ketones (excluding diaryl/α,β-unsaturated/α-hetero) is 1. The average molecular weight is 519 g/mol. The highest BCUT2D eigenvalue weighted by Gasteiger charge is 2.22. The predicted octanol–water partition coefficient (Wildman–Crippen LogP) is 5.60. The molecular formula is C27H27BrN4O2. The first-order chi connectivity index (χ1) is 16.1. The van der Waals surface area contributed by atoms with Crippen LogP contribution in [0.25, 0.3) is 11.0 Å². The van der Waals surface area contributed by atoms with Gasteiger partial charge in [0.25, 0.3) is 0 Å². The number of ketones is 1. The third kappa shape index (κ3) is 4.89. The fourth-order valence-corrected chi connectivity index (χ4v) is 4.19. The van der Waals surface area contributed by atoms with Gasteiger partial charge >= 0.3 is 0 Å². The Kier molecular flexibility index (Phi) is 6.57. The van der Waals surface area contributed by atoms with Gasteiger partial charge in [0, 0.05) is 15.5 Å². The Balaban J connectivity index is 1.62. The zero-order valence-electron chi connectivity index (χ0n) is 19.4. The lowest BCUT2D eigenvalue weighted by atomic mass is 9.95. The van der Waals surface area contributed by atoms with Crippen molar-refractivity contribution in [1.29, 1.82) is 5.41 Å². The topological polar surface area (TPSA) is 79.9 Å². The number of carbonyl (C=O) groups is 2. The molecule has 0 aliphatic heterocycles. The van der Waals surface area contributed by atoms with E-state index in [1.165, 1.54) is 0 Å². The first kappa shape index (κ1) is 23.7. The van der Waals surface area contributed by atoms with Crippen LogP contribution in [0.4, 0.5) is 5.69 Å². The Hall–Kier alpha value is -3.45. The van der Waals surface area contributed by atoms with Crippen LogP contribution in [-0.4, -0.2) is 20.8 Å². The van der Waals surface area contributed by atoms with Gasteiger partial charge in [-0.25, -0.2) is 0 Å². The summed E-state index contributed by atoms with van der Waals surface area (Å²) in [4.78, 5) is 25.5. The standard InChI is InChI=1S/C27H27BrN4O2/c1-27(2,3)25(34)30-21-14-13-19(15-20(21)28)24(33)17-32-23-12-8-7-11-22(23)31(26(32)29)16-18-9-5-4-6-10-18/h4-15,29H,16-17H2,1-3H3,(H,30,34). The first-order valence-electron chi connectivity index (χ1n) is 11.1. The molecule has 0 aliphatic carbocycles. The molecule has 1 aromatic heterocycles. The summed E-state index contributed by atoms with van der Waals surface area (Å²) in [6, 6.07) is 22.9. The molecule has 6 nitrogen and oxygen atoms in total. The maximum absolute atomic E-state index is 13.2. The molecule has 4 aromatic rings. The molecule has 0 radical (unpaired) electrons. The fourth-order valence-electron chi connectivity index (χ4n) is 3.72. The smallest absolute Gasteiger partial charge is 0.229 e. The Morgan fingerprint density at radius 3 is 2.15 bits per heavy atom. The molecule has 34 heavy (non-hydrogen) atoms. The summed E-state index contributed by atoms with van der Waals surface area (Å²) in [6.45, 7) is 6.13. The minimum atomic E-state index is -0.525. The van der Waals surface area contributed by atoms with Crippen LogP contribution >= 0.6 is 15.9 Å². The van der Waals surface area contributed by atoms with Crippen molar-refractivity contribution in [3.63, 3.8) is 0 Å². The van der Waals surface area contributed by atoms with Gasteiger partial charge in [-0.2, -0.15) is 0 Å². The van der Waals surface area contributed by atoms with Crippen LogP contribution in [0, 0.1) is 10.8 Å². The normalized spacial score (nSPS) is 11.5. The van der Waals surface area contributed by atoms with Gasteiger partial charge < -0.3 is 14.5 Å². The Bertz CT molecular complexity index is 1430. The number of fused-ring (bicyclic) bond motifs is 1. The van der Waals surface area contributed by atoms with Gasteiger partial charge in [-0.3, -0.25) is 15.0 Å². The van der Waals surface area contributed by atoms with Crippen LogP contribution in [0.1, 0.15) is 36.7 Å². The molecule has 4 rings (SSSR count). The van der Waals surface area contributed by atoms with Gasteiger partial charge in [-0.1, -0.05) is 63.2 Å². The van der Waals surface area contributed by atoms with Crippen LogP contribution in [0.2, 0.25) is 0 Å². The Morgan fingerprint density at radius 1 is 0.912 bits per heavy atom. The molecule has 0 aliphatic rings. The zero-order chi connectivity index (χ0) is 24.5. The van der Waals surface area contributed by atoms with Crippen molar-refractivity contribution in [2.45, 2.75) is 33.9 Å². The number of aromatic nitrogens is 2. The van der Waals surface area contributed by atoms with Crippen molar-refractivity contribution in [2.75, 3.05) is 5.32 Å².